The third kappa shape index (κ3) is 1.48. The number of aryl methyl sites for hydroxylation is 1. The van der Waals surface area contributed by atoms with Gasteiger partial charge in [-0.3, -0.25) is 0 Å². The van der Waals surface area contributed by atoms with Crippen LogP contribution in [0.15, 0.2) is 18.7 Å². The van der Waals surface area contributed by atoms with E-state index < -0.39 is 0 Å². The van der Waals surface area contributed by atoms with Gasteiger partial charge in [0.2, 0.25) is 0 Å². The SMILES string of the molecule is Cn1cncc1-c1ncc(CO)s1. The van der Waals surface area contributed by atoms with Gasteiger partial charge in [-0.05, 0) is 0 Å². The van der Waals surface area contributed by atoms with Gasteiger partial charge in [-0.2, -0.15) is 0 Å². The number of aliphatic hydroxyl groups is 1. The monoisotopic (exact) mass is 195 g/mol. The van der Waals surface area contributed by atoms with Crippen LogP contribution in [0, 0.1) is 0 Å². The fraction of sp³-hybridized carbons (Fsp3) is 0.250. The van der Waals surface area contributed by atoms with Crippen molar-refractivity contribution in [1.29, 1.82) is 0 Å². The molecule has 0 aliphatic heterocycles. The molecule has 0 aliphatic carbocycles. The molecule has 68 valence electrons. The lowest BCUT2D eigenvalue weighted by Gasteiger charge is -1.94. The molecule has 0 saturated carbocycles. The third-order valence-corrected chi connectivity index (χ3v) is 2.75. The van der Waals surface area contributed by atoms with E-state index in [1.807, 2.05) is 11.6 Å². The van der Waals surface area contributed by atoms with Gasteiger partial charge in [-0.15, -0.1) is 11.3 Å². The van der Waals surface area contributed by atoms with E-state index in [0.717, 1.165) is 15.6 Å². The second kappa shape index (κ2) is 3.27. The zero-order valence-corrected chi connectivity index (χ0v) is 7.95. The van der Waals surface area contributed by atoms with Crippen molar-refractivity contribution in [2.75, 3.05) is 0 Å². The van der Waals surface area contributed by atoms with Gasteiger partial charge >= 0.3 is 0 Å². The molecule has 0 atom stereocenters. The molecule has 1 N–H and O–H groups in total. The van der Waals surface area contributed by atoms with E-state index in [9.17, 15) is 0 Å². The summed E-state index contributed by atoms with van der Waals surface area (Å²) in [6, 6.07) is 0. The van der Waals surface area contributed by atoms with E-state index in [1.165, 1.54) is 11.3 Å². The second-order valence-corrected chi connectivity index (χ2v) is 3.79. The van der Waals surface area contributed by atoms with Crippen molar-refractivity contribution in [2.45, 2.75) is 6.61 Å². The summed E-state index contributed by atoms with van der Waals surface area (Å²) in [5, 5.41) is 9.76. The highest BCUT2D eigenvalue weighted by molar-refractivity contribution is 7.14. The average Bonchev–Trinajstić information content (AvgIpc) is 2.71. The van der Waals surface area contributed by atoms with Crippen molar-refractivity contribution in [2.24, 2.45) is 7.05 Å². The van der Waals surface area contributed by atoms with Crippen LogP contribution in [0.25, 0.3) is 10.7 Å². The quantitative estimate of drug-likeness (QED) is 0.778. The lowest BCUT2D eigenvalue weighted by Crippen LogP contribution is -1.87. The van der Waals surface area contributed by atoms with Crippen LogP contribution in [0.3, 0.4) is 0 Å². The number of rotatable bonds is 2. The number of hydrogen-bond donors (Lipinski definition) is 1. The van der Waals surface area contributed by atoms with E-state index in [4.69, 9.17) is 5.11 Å². The van der Waals surface area contributed by atoms with Crippen molar-refractivity contribution in [3.05, 3.63) is 23.6 Å². The molecule has 0 radical (unpaired) electrons. The van der Waals surface area contributed by atoms with Gasteiger partial charge in [0.15, 0.2) is 0 Å². The largest absolute Gasteiger partial charge is 0.391 e. The molecule has 13 heavy (non-hydrogen) atoms. The van der Waals surface area contributed by atoms with E-state index in [0.29, 0.717) is 0 Å². The van der Waals surface area contributed by atoms with Gasteiger partial charge in [-0.25, -0.2) is 9.97 Å². The van der Waals surface area contributed by atoms with Gasteiger partial charge < -0.3 is 9.67 Å². The Kier molecular flexibility index (Phi) is 2.12. The Labute approximate surface area is 79.5 Å². The normalized spacial score (nSPS) is 10.6. The minimum Gasteiger partial charge on any atom is -0.391 e. The summed E-state index contributed by atoms with van der Waals surface area (Å²) >= 11 is 1.48. The number of thiazole rings is 1. The highest BCUT2D eigenvalue weighted by Gasteiger charge is 2.06. The van der Waals surface area contributed by atoms with Crippen molar-refractivity contribution in [3.63, 3.8) is 0 Å². The summed E-state index contributed by atoms with van der Waals surface area (Å²) in [7, 11) is 1.92. The lowest BCUT2D eigenvalue weighted by molar-refractivity contribution is 0.285. The molecule has 2 aromatic rings. The Morgan fingerprint density at radius 1 is 1.54 bits per heavy atom. The highest BCUT2D eigenvalue weighted by atomic mass is 32.1. The fourth-order valence-electron chi connectivity index (χ4n) is 1.06. The van der Waals surface area contributed by atoms with Crippen LogP contribution in [-0.4, -0.2) is 19.6 Å². The number of nitrogens with zero attached hydrogens (tertiary/aromatic N) is 3. The molecule has 0 unspecified atom stereocenters. The minimum absolute atomic E-state index is 0.0511. The average molecular weight is 195 g/mol. The van der Waals surface area contributed by atoms with E-state index in [1.54, 1.807) is 18.7 Å². The molecule has 5 heteroatoms. The van der Waals surface area contributed by atoms with Gasteiger partial charge in [-0.1, -0.05) is 0 Å². The minimum atomic E-state index is 0.0511. The molecule has 0 saturated heterocycles. The highest BCUT2D eigenvalue weighted by Crippen LogP contribution is 2.23. The first-order valence-corrected chi connectivity index (χ1v) is 4.65. The molecular formula is C8H9N3OS. The fourth-order valence-corrected chi connectivity index (χ4v) is 1.89. The smallest absolute Gasteiger partial charge is 0.141 e. The number of aromatic nitrogens is 3. The zero-order valence-electron chi connectivity index (χ0n) is 7.14. The number of aliphatic hydroxyl groups excluding tert-OH is 1. The predicted molar refractivity (Wildman–Crippen MR) is 50.2 cm³/mol. The summed E-state index contributed by atoms with van der Waals surface area (Å²) in [6.07, 6.45) is 5.18. The standard InChI is InChI=1S/C8H9N3OS/c1-11-5-9-3-7(11)8-10-2-6(4-12)13-8/h2-3,5,12H,4H2,1H3. The van der Waals surface area contributed by atoms with Crippen molar-refractivity contribution in [1.82, 2.24) is 14.5 Å². The Bertz CT molecular complexity index is 407. The van der Waals surface area contributed by atoms with E-state index in [-0.39, 0.29) is 6.61 Å². The Balaban J connectivity index is 2.41. The third-order valence-electron chi connectivity index (χ3n) is 1.75. The molecule has 0 amide bonds. The van der Waals surface area contributed by atoms with Gasteiger partial charge in [0.05, 0.1) is 29.7 Å². The predicted octanol–water partition coefficient (Wildman–Crippen LogP) is 1.04. The Morgan fingerprint density at radius 2 is 2.38 bits per heavy atom. The molecule has 2 rings (SSSR count). The van der Waals surface area contributed by atoms with Crippen LogP contribution in [-0.2, 0) is 13.7 Å². The van der Waals surface area contributed by atoms with Crippen LogP contribution < -0.4 is 0 Å². The first-order valence-electron chi connectivity index (χ1n) is 3.83. The number of imidazole rings is 1. The molecule has 4 nitrogen and oxygen atoms in total. The molecule has 2 aromatic heterocycles. The van der Waals surface area contributed by atoms with Crippen LogP contribution >= 0.6 is 11.3 Å². The maximum atomic E-state index is 8.87. The van der Waals surface area contributed by atoms with Crippen LogP contribution in [0.4, 0.5) is 0 Å². The summed E-state index contributed by atoms with van der Waals surface area (Å²) in [4.78, 5) is 9.06. The lowest BCUT2D eigenvalue weighted by atomic mass is 10.5. The molecule has 0 aromatic carbocycles. The first-order chi connectivity index (χ1) is 6.31. The van der Waals surface area contributed by atoms with E-state index in [2.05, 4.69) is 9.97 Å². The van der Waals surface area contributed by atoms with Crippen LogP contribution in [0.2, 0.25) is 0 Å². The van der Waals surface area contributed by atoms with Crippen LogP contribution in [0.1, 0.15) is 4.88 Å². The van der Waals surface area contributed by atoms with Gasteiger partial charge in [0, 0.05) is 13.2 Å². The molecular weight excluding hydrogens is 186 g/mol. The number of hydrogen-bond acceptors (Lipinski definition) is 4. The van der Waals surface area contributed by atoms with E-state index >= 15 is 0 Å². The maximum absolute atomic E-state index is 8.87. The molecule has 0 fully saturated rings. The molecule has 0 spiro atoms. The van der Waals surface area contributed by atoms with Crippen LogP contribution in [0.5, 0.6) is 0 Å². The summed E-state index contributed by atoms with van der Waals surface area (Å²) in [6.45, 7) is 0.0511. The molecule has 2 heterocycles. The Hall–Kier alpha value is -1.20. The van der Waals surface area contributed by atoms with Gasteiger partial charge in [0.1, 0.15) is 5.01 Å². The summed E-state index contributed by atoms with van der Waals surface area (Å²) in [5.41, 5.74) is 0.977. The Morgan fingerprint density at radius 3 is 2.92 bits per heavy atom. The second-order valence-electron chi connectivity index (χ2n) is 2.68. The van der Waals surface area contributed by atoms with Crippen molar-refractivity contribution in [3.8, 4) is 10.7 Å². The zero-order chi connectivity index (χ0) is 9.26. The van der Waals surface area contributed by atoms with Gasteiger partial charge in [0.25, 0.3) is 0 Å². The molecule has 0 aliphatic rings. The van der Waals surface area contributed by atoms with Crippen molar-refractivity contribution >= 4 is 11.3 Å². The van der Waals surface area contributed by atoms with Crippen molar-refractivity contribution < 1.29 is 5.11 Å². The topological polar surface area (TPSA) is 50.9 Å². The first kappa shape index (κ1) is 8.40. The summed E-state index contributed by atoms with van der Waals surface area (Å²) in [5.74, 6) is 0. The maximum Gasteiger partial charge on any atom is 0.141 e. The molecule has 0 bridgehead atoms. The summed E-state index contributed by atoms with van der Waals surface area (Å²) < 4.78 is 1.90.